The number of rotatable bonds is 7. The molecule has 184 valence electrons. The molecule has 5 aromatic rings. The molecule has 1 N–H and O–H groups in total. The van der Waals surface area contributed by atoms with Gasteiger partial charge in [0, 0.05) is 22.2 Å². The molecular formula is C25H22ClN5O4S. The number of hydrogen-bond acceptors (Lipinski definition) is 8. The van der Waals surface area contributed by atoms with Crippen LogP contribution in [0, 0.1) is 0 Å². The van der Waals surface area contributed by atoms with E-state index in [1.54, 1.807) is 74.9 Å². The molecule has 9 nitrogen and oxygen atoms in total. The zero-order chi connectivity index (χ0) is 25.4. The molecule has 11 heteroatoms. The second-order valence-corrected chi connectivity index (χ2v) is 10.2. The van der Waals surface area contributed by atoms with E-state index in [1.807, 2.05) is 6.92 Å². The van der Waals surface area contributed by atoms with E-state index in [2.05, 4.69) is 20.6 Å². The molecule has 2 heterocycles. The van der Waals surface area contributed by atoms with Crippen molar-refractivity contribution < 1.29 is 17.9 Å². The molecule has 0 saturated carbocycles. The van der Waals surface area contributed by atoms with Gasteiger partial charge in [0.1, 0.15) is 5.82 Å². The smallest absolute Gasteiger partial charge is 0.229 e. The van der Waals surface area contributed by atoms with Gasteiger partial charge in [0.05, 0.1) is 24.6 Å². The normalized spacial score (nSPS) is 11.7. The van der Waals surface area contributed by atoms with Crippen LogP contribution in [0.1, 0.15) is 12.5 Å². The van der Waals surface area contributed by atoms with Gasteiger partial charge in [0.25, 0.3) is 0 Å². The van der Waals surface area contributed by atoms with Crippen LogP contribution < -0.4 is 14.8 Å². The summed E-state index contributed by atoms with van der Waals surface area (Å²) in [6.07, 6.45) is 0.802. The molecule has 0 amide bonds. The number of anilines is 2. The highest BCUT2D eigenvalue weighted by molar-refractivity contribution is 7.91. The van der Waals surface area contributed by atoms with Crippen molar-refractivity contribution in [3.8, 4) is 11.5 Å². The van der Waals surface area contributed by atoms with Crippen molar-refractivity contribution >= 4 is 49.5 Å². The molecule has 5 rings (SSSR count). The van der Waals surface area contributed by atoms with Crippen LogP contribution in [0.5, 0.6) is 11.5 Å². The molecule has 0 radical (unpaired) electrons. The first-order valence-corrected chi connectivity index (χ1v) is 12.9. The van der Waals surface area contributed by atoms with E-state index in [1.165, 1.54) is 4.52 Å². The minimum absolute atomic E-state index is 0.0902. The summed E-state index contributed by atoms with van der Waals surface area (Å²) in [4.78, 5) is 4.76. The summed E-state index contributed by atoms with van der Waals surface area (Å²) < 4.78 is 39.1. The number of sulfone groups is 1. The lowest BCUT2D eigenvalue weighted by Gasteiger charge is -2.13. The van der Waals surface area contributed by atoms with Crippen LogP contribution in [0.2, 0.25) is 5.02 Å². The van der Waals surface area contributed by atoms with Crippen LogP contribution in [0.15, 0.2) is 70.6 Å². The number of aryl methyl sites for hydroxylation is 1. The predicted octanol–water partition coefficient (Wildman–Crippen LogP) is 5.09. The highest BCUT2D eigenvalue weighted by atomic mass is 35.5. The fourth-order valence-corrected chi connectivity index (χ4v) is 5.31. The molecule has 36 heavy (non-hydrogen) atoms. The molecule has 0 aliphatic rings. The number of nitrogens with one attached hydrogen (secondary N) is 1. The fourth-order valence-electron chi connectivity index (χ4n) is 3.91. The monoisotopic (exact) mass is 523 g/mol. The Morgan fingerprint density at radius 1 is 0.972 bits per heavy atom. The van der Waals surface area contributed by atoms with Gasteiger partial charge in [-0.3, -0.25) is 0 Å². The minimum atomic E-state index is -3.98. The Hall–Kier alpha value is -3.89. The van der Waals surface area contributed by atoms with E-state index >= 15 is 0 Å². The summed E-state index contributed by atoms with van der Waals surface area (Å²) in [6.45, 7) is 2.00. The van der Waals surface area contributed by atoms with Gasteiger partial charge in [-0.1, -0.05) is 35.9 Å². The van der Waals surface area contributed by atoms with Gasteiger partial charge in [0.2, 0.25) is 14.9 Å². The Labute approximate surface area is 212 Å². The van der Waals surface area contributed by atoms with Gasteiger partial charge >= 0.3 is 0 Å². The van der Waals surface area contributed by atoms with Gasteiger partial charge in [-0.25, -0.2) is 13.4 Å². The summed E-state index contributed by atoms with van der Waals surface area (Å²) in [5.74, 6) is 1.48. The largest absolute Gasteiger partial charge is 0.493 e. The van der Waals surface area contributed by atoms with Gasteiger partial charge in [-0.05, 0) is 54.4 Å². The molecule has 3 aromatic carbocycles. The number of hydrogen-bond donors (Lipinski definition) is 1. The van der Waals surface area contributed by atoms with Crippen molar-refractivity contribution in [3.05, 3.63) is 71.2 Å². The Bertz CT molecular complexity index is 1700. The zero-order valence-corrected chi connectivity index (χ0v) is 21.3. The molecule has 0 bridgehead atoms. The standard InChI is InChI=1S/C25H22ClN5O4S/c1-4-15-5-9-18(10-6-15)36(32,33)25-24-28-23(27-17-8-12-21(34-2)22(14-17)35-3)19-13-16(26)7-11-20(19)31(24)30-29-25/h5-14H,4H2,1-3H3,(H,27,28). The zero-order valence-electron chi connectivity index (χ0n) is 19.7. The van der Waals surface area contributed by atoms with Crippen LogP contribution in [-0.2, 0) is 16.3 Å². The minimum Gasteiger partial charge on any atom is -0.493 e. The average Bonchev–Trinajstić information content (AvgIpc) is 3.33. The highest BCUT2D eigenvalue weighted by Crippen LogP contribution is 2.34. The SMILES string of the molecule is CCc1ccc(S(=O)(=O)c2nnn3c2nc(Nc2ccc(OC)c(OC)c2)c2cc(Cl)ccc23)cc1. The number of methoxy groups -OCH3 is 2. The molecule has 0 aliphatic carbocycles. The van der Waals surface area contributed by atoms with Crippen LogP contribution in [0.3, 0.4) is 0 Å². The topological polar surface area (TPSA) is 108 Å². The fraction of sp³-hybridized carbons (Fsp3) is 0.160. The first-order valence-electron chi connectivity index (χ1n) is 11.0. The van der Waals surface area contributed by atoms with E-state index < -0.39 is 9.84 Å². The maximum absolute atomic E-state index is 13.5. The number of ether oxygens (including phenoxy) is 2. The van der Waals surface area contributed by atoms with Crippen molar-refractivity contribution in [2.75, 3.05) is 19.5 Å². The Kier molecular flexibility index (Phi) is 6.15. The molecular weight excluding hydrogens is 502 g/mol. The third-order valence-electron chi connectivity index (χ3n) is 5.82. The summed E-state index contributed by atoms with van der Waals surface area (Å²) in [5.41, 5.74) is 2.36. The molecule has 2 aromatic heterocycles. The summed E-state index contributed by atoms with van der Waals surface area (Å²) in [6, 6.07) is 17.2. The predicted molar refractivity (Wildman–Crippen MR) is 137 cm³/mol. The van der Waals surface area contributed by atoms with Crippen molar-refractivity contribution in [2.45, 2.75) is 23.3 Å². The lowest BCUT2D eigenvalue weighted by molar-refractivity contribution is 0.355. The average molecular weight is 524 g/mol. The van der Waals surface area contributed by atoms with Gasteiger partial charge in [-0.2, -0.15) is 4.52 Å². The summed E-state index contributed by atoms with van der Waals surface area (Å²) in [7, 11) is -0.880. The van der Waals surface area contributed by atoms with E-state index in [0.717, 1.165) is 12.0 Å². The van der Waals surface area contributed by atoms with Crippen LogP contribution in [0.4, 0.5) is 11.5 Å². The van der Waals surface area contributed by atoms with E-state index in [9.17, 15) is 8.42 Å². The van der Waals surface area contributed by atoms with E-state index in [0.29, 0.717) is 38.9 Å². The molecule has 0 unspecified atom stereocenters. The Morgan fingerprint density at radius 3 is 2.42 bits per heavy atom. The highest BCUT2D eigenvalue weighted by Gasteiger charge is 2.27. The van der Waals surface area contributed by atoms with Crippen molar-refractivity contribution in [1.82, 2.24) is 19.8 Å². The van der Waals surface area contributed by atoms with Gasteiger partial charge in [0.15, 0.2) is 17.1 Å². The number of benzene rings is 3. The Morgan fingerprint density at radius 2 is 1.72 bits per heavy atom. The van der Waals surface area contributed by atoms with Crippen LogP contribution in [0.25, 0.3) is 16.6 Å². The first-order chi connectivity index (χ1) is 17.3. The molecule has 0 fully saturated rings. The maximum Gasteiger partial charge on any atom is 0.229 e. The summed E-state index contributed by atoms with van der Waals surface area (Å²) in [5, 5.41) is 12.3. The third-order valence-corrected chi connectivity index (χ3v) is 7.72. The molecule has 0 atom stereocenters. The van der Waals surface area contributed by atoms with Gasteiger partial charge < -0.3 is 14.8 Å². The second-order valence-electron chi connectivity index (χ2n) is 7.95. The first kappa shape index (κ1) is 23.8. The number of fused-ring (bicyclic) bond motifs is 3. The molecule has 0 spiro atoms. The summed E-state index contributed by atoms with van der Waals surface area (Å²) >= 11 is 6.28. The van der Waals surface area contributed by atoms with E-state index in [4.69, 9.17) is 21.1 Å². The lowest BCUT2D eigenvalue weighted by atomic mass is 10.2. The maximum atomic E-state index is 13.5. The Balaban J connectivity index is 1.69. The molecule has 0 saturated heterocycles. The van der Waals surface area contributed by atoms with Crippen LogP contribution in [-0.4, -0.2) is 42.4 Å². The van der Waals surface area contributed by atoms with E-state index in [-0.39, 0.29) is 15.6 Å². The second kappa shape index (κ2) is 9.29. The molecule has 0 aliphatic heterocycles. The number of aromatic nitrogens is 4. The van der Waals surface area contributed by atoms with Crippen LogP contribution >= 0.6 is 11.6 Å². The lowest BCUT2D eigenvalue weighted by Crippen LogP contribution is -2.06. The van der Waals surface area contributed by atoms with Crippen molar-refractivity contribution in [2.24, 2.45) is 0 Å². The van der Waals surface area contributed by atoms with Crippen molar-refractivity contribution in [3.63, 3.8) is 0 Å². The third kappa shape index (κ3) is 4.08. The van der Waals surface area contributed by atoms with Crippen molar-refractivity contribution in [1.29, 1.82) is 0 Å². The number of halogens is 1. The van der Waals surface area contributed by atoms with Gasteiger partial charge in [-0.15, -0.1) is 5.10 Å². The quantitative estimate of drug-likeness (QED) is 0.314. The number of nitrogens with zero attached hydrogens (tertiary/aromatic N) is 4.